The zero-order chi connectivity index (χ0) is 13.8. The van der Waals surface area contributed by atoms with Crippen molar-refractivity contribution in [2.75, 3.05) is 32.0 Å². The summed E-state index contributed by atoms with van der Waals surface area (Å²) >= 11 is 0. The largest absolute Gasteiger partial charge is 0.325 e. The molecule has 20 heavy (non-hydrogen) atoms. The highest BCUT2D eigenvalue weighted by Gasteiger charge is 2.22. The molecule has 1 aliphatic rings. The molecule has 1 amide bonds. The molecule has 0 saturated carbocycles. The summed E-state index contributed by atoms with van der Waals surface area (Å²) in [6.07, 6.45) is 1.12. The molecule has 112 valence electrons. The van der Waals surface area contributed by atoms with Gasteiger partial charge in [-0.25, -0.2) is 0 Å². The molecule has 1 fully saturated rings. The molecule has 1 saturated heterocycles. The number of amides is 1. The highest BCUT2D eigenvalue weighted by Crippen LogP contribution is 2.16. The van der Waals surface area contributed by atoms with E-state index in [0.29, 0.717) is 12.6 Å². The SMILES string of the molecule is CNC1CCN(CC(=O)Nc2cc(C)ccc2C)C1.Cl. The molecule has 2 rings (SSSR count). The maximum absolute atomic E-state index is 12.1. The quantitative estimate of drug-likeness (QED) is 0.893. The van der Waals surface area contributed by atoms with E-state index in [0.717, 1.165) is 36.3 Å². The zero-order valence-electron chi connectivity index (χ0n) is 12.4. The van der Waals surface area contributed by atoms with E-state index in [1.807, 2.05) is 33.0 Å². The van der Waals surface area contributed by atoms with E-state index in [-0.39, 0.29) is 18.3 Å². The van der Waals surface area contributed by atoms with Crippen LogP contribution >= 0.6 is 12.4 Å². The highest BCUT2D eigenvalue weighted by atomic mass is 35.5. The molecule has 0 bridgehead atoms. The third kappa shape index (κ3) is 4.47. The number of likely N-dealkylation sites (N-methyl/N-ethyl adjacent to an activating group) is 1. The van der Waals surface area contributed by atoms with Crippen molar-refractivity contribution in [1.82, 2.24) is 10.2 Å². The Morgan fingerprint density at radius 1 is 1.40 bits per heavy atom. The monoisotopic (exact) mass is 297 g/mol. The molecule has 1 unspecified atom stereocenters. The Morgan fingerprint density at radius 3 is 2.80 bits per heavy atom. The molecule has 2 N–H and O–H groups in total. The minimum Gasteiger partial charge on any atom is -0.325 e. The fraction of sp³-hybridized carbons (Fsp3) is 0.533. The lowest BCUT2D eigenvalue weighted by Gasteiger charge is -2.16. The molecule has 1 heterocycles. The molecule has 1 aliphatic heterocycles. The van der Waals surface area contributed by atoms with E-state index in [2.05, 4.69) is 21.6 Å². The number of nitrogens with zero attached hydrogens (tertiary/aromatic N) is 1. The van der Waals surface area contributed by atoms with Gasteiger partial charge in [-0.2, -0.15) is 0 Å². The van der Waals surface area contributed by atoms with Crippen molar-refractivity contribution in [3.05, 3.63) is 29.3 Å². The normalized spacial score (nSPS) is 18.6. The van der Waals surface area contributed by atoms with Crippen molar-refractivity contribution in [3.8, 4) is 0 Å². The molecular weight excluding hydrogens is 274 g/mol. The average Bonchev–Trinajstić information content (AvgIpc) is 2.81. The smallest absolute Gasteiger partial charge is 0.238 e. The second-order valence-corrected chi connectivity index (χ2v) is 5.38. The molecule has 4 nitrogen and oxygen atoms in total. The predicted octanol–water partition coefficient (Wildman–Crippen LogP) is 1.96. The van der Waals surface area contributed by atoms with Gasteiger partial charge in [0.25, 0.3) is 0 Å². The fourth-order valence-corrected chi connectivity index (χ4v) is 2.48. The minimum atomic E-state index is 0. The Balaban J connectivity index is 0.00000200. The number of benzene rings is 1. The Hall–Kier alpha value is -1.10. The van der Waals surface area contributed by atoms with E-state index in [1.54, 1.807) is 0 Å². The van der Waals surface area contributed by atoms with E-state index in [4.69, 9.17) is 0 Å². The van der Waals surface area contributed by atoms with Gasteiger partial charge in [0.1, 0.15) is 0 Å². The summed E-state index contributed by atoms with van der Waals surface area (Å²) in [7, 11) is 1.98. The van der Waals surface area contributed by atoms with Crippen molar-refractivity contribution in [3.63, 3.8) is 0 Å². The average molecular weight is 298 g/mol. The topological polar surface area (TPSA) is 44.4 Å². The van der Waals surface area contributed by atoms with Crippen LogP contribution in [0.1, 0.15) is 17.5 Å². The molecule has 0 aromatic heterocycles. The first-order valence-corrected chi connectivity index (χ1v) is 6.85. The van der Waals surface area contributed by atoms with Gasteiger partial charge in [0, 0.05) is 24.8 Å². The lowest BCUT2D eigenvalue weighted by Crippen LogP contribution is -2.34. The van der Waals surface area contributed by atoms with Crippen LogP contribution in [-0.2, 0) is 4.79 Å². The third-order valence-electron chi connectivity index (χ3n) is 3.71. The number of carbonyl (C=O) groups is 1. The second kappa shape index (κ2) is 7.62. The van der Waals surface area contributed by atoms with Crippen LogP contribution in [-0.4, -0.2) is 43.5 Å². The van der Waals surface area contributed by atoms with Crippen LogP contribution in [0.2, 0.25) is 0 Å². The Kier molecular flexibility index (Phi) is 6.46. The number of halogens is 1. The van der Waals surface area contributed by atoms with Gasteiger partial charge in [0.2, 0.25) is 5.91 Å². The van der Waals surface area contributed by atoms with Gasteiger partial charge in [-0.05, 0) is 44.5 Å². The highest BCUT2D eigenvalue weighted by molar-refractivity contribution is 5.93. The van der Waals surface area contributed by atoms with Crippen LogP contribution in [0.25, 0.3) is 0 Å². The number of carbonyl (C=O) groups excluding carboxylic acids is 1. The van der Waals surface area contributed by atoms with Crippen LogP contribution in [0.3, 0.4) is 0 Å². The predicted molar refractivity (Wildman–Crippen MR) is 85.7 cm³/mol. The molecule has 0 spiro atoms. The summed E-state index contributed by atoms with van der Waals surface area (Å²) in [4.78, 5) is 14.2. The van der Waals surface area contributed by atoms with Gasteiger partial charge in [-0.15, -0.1) is 12.4 Å². The van der Waals surface area contributed by atoms with Crippen molar-refractivity contribution in [2.45, 2.75) is 26.3 Å². The first kappa shape index (κ1) is 17.0. The molecular formula is C15H24ClN3O. The van der Waals surface area contributed by atoms with Gasteiger partial charge in [0.05, 0.1) is 6.54 Å². The number of nitrogens with one attached hydrogen (secondary N) is 2. The van der Waals surface area contributed by atoms with Crippen molar-refractivity contribution in [2.24, 2.45) is 0 Å². The molecule has 1 atom stereocenters. The number of likely N-dealkylation sites (tertiary alicyclic amines) is 1. The summed E-state index contributed by atoms with van der Waals surface area (Å²) in [6, 6.07) is 6.64. The van der Waals surface area contributed by atoms with Gasteiger partial charge in [0.15, 0.2) is 0 Å². The zero-order valence-corrected chi connectivity index (χ0v) is 13.2. The maximum atomic E-state index is 12.1. The number of hydrogen-bond acceptors (Lipinski definition) is 3. The standard InChI is InChI=1S/C15H23N3O.ClH/c1-11-4-5-12(2)14(8-11)17-15(19)10-18-7-6-13(9-18)16-3;/h4-5,8,13,16H,6-7,9-10H2,1-3H3,(H,17,19);1H. The Morgan fingerprint density at radius 2 is 2.15 bits per heavy atom. The second-order valence-electron chi connectivity index (χ2n) is 5.38. The van der Waals surface area contributed by atoms with Crippen LogP contribution in [0.15, 0.2) is 18.2 Å². The van der Waals surface area contributed by atoms with Gasteiger partial charge in [-0.1, -0.05) is 12.1 Å². The molecule has 5 heteroatoms. The van der Waals surface area contributed by atoms with Crippen LogP contribution in [0.4, 0.5) is 5.69 Å². The van der Waals surface area contributed by atoms with Gasteiger partial charge >= 0.3 is 0 Å². The summed E-state index contributed by atoms with van der Waals surface area (Å²) in [5.74, 6) is 0.0745. The molecule has 0 radical (unpaired) electrons. The molecule has 1 aromatic rings. The summed E-state index contributed by atoms with van der Waals surface area (Å²) in [5, 5.41) is 6.27. The van der Waals surface area contributed by atoms with E-state index >= 15 is 0 Å². The van der Waals surface area contributed by atoms with Crippen LogP contribution < -0.4 is 10.6 Å². The van der Waals surface area contributed by atoms with Gasteiger partial charge < -0.3 is 10.6 Å². The van der Waals surface area contributed by atoms with Gasteiger partial charge in [-0.3, -0.25) is 9.69 Å². The summed E-state index contributed by atoms with van der Waals surface area (Å²) in [6.45, 7) is 6.48. The van der Waals surface area contributed by atoms with Crippen LogP contribution in [0, 0.1) is 13.8 Å². The number of anilines is 1. The van der Waals surface area contributed by atoms with E-state index < -0.39 is 0 Å². The maximum Gasteiger partial charge on any atom is 0.238 e. The number of hydrogen-bond donors (Lipinski definition) is 2. The number of aryl methyl sites for hydroxylation is 2. The molecule has 0 aliphatic carbocycles. The first-order valence-electron chi connectivity index (χ1n) is 6.85. The van der Waals surface area contributed by atoms with Crippen molar-refractivity contribution >= 4 is 24.0 Å². The van der Waals surface area contributed by atoms with Crippen LogP contribution in [0.5, 0.6) is 0 Å². The lowest BCUT2D eigenvalue weighted by molar-refractivity contribution is -0.117. The van der Waals surface area contributed by atoms with E-state index in [9.17, 15) is 4.79 Å². The third-order valence-corrected chi connectivity index (χ3v) is 3.71. The summed E-state index contributed by atoms with van der Waals surface area (Å²) in [5.41, 5.74) is 3.19. The molecule has 1 aromatic carbocycles. The van der Waals surface area contributed by atoms with E-state index in [1.165, 1.54) is 0 Å². The fourth-order valence-electron chi connectivity index (χ4n) is 2.48. The minimum absolute atomic E-state index is 0. The first-order chi connectivity index (χ1) is 9.08. The van der Waals surface area contributed by atoms with Crippen molar-refractivity contribution in [1.29, 1.82) is 0 Å². The van der Waals surface area contributed by atoms with Crippen molar-refractivity contribution < 1.29 is 4.79 Å². The summed E-state index contributed by atoms with van der Waals surface area (Å²) < 4.78 is 0. The Labute approximate surface area is 127 Å². The Bertz CT molecular complexity index is 464. The number of rotatable bonds is 4. The lowest BCUT2D eigenvalue weighted by atomic mass is 10.1.